The van der Waals surface area contributed by atoms with Gasteiger partial charge in [-0.25, -0.2) is 0 Å². The molecule has 0 radical (unpaired) electrons. The van der Waals surface area contributed by atoms with Crippen molar-refractivity contribution in [3.8, 4) is 0 Å². The molecule has 1 fully saturated rings. The van der Waals surface area contributed by atoms with E-state index < -0.39 is 0 Å². The molecule has 0 aromatic heterocycles. The van der Waals surface area contributed by atoms with Crippen LogP contribution >= 0.6 is 0 Å². The second-order valence-electron chi connectivity index (χ2n) is 6.01. The topological polar surface area (TPSA) is 26.3 Å². The van der Waals surface area contributed by atoms with Crippen LogP contribution in [0.25, 0.3) is 0 Å². The average molecular weight is 274 g/mol. The van der Waals surface area contributed by atoms with E-state index in [4.69, 9.17) is 4.74 Å². The third-order valence-corrected chi connectivity index (χ3v) is 4.47. The first-order chi connectivity index (χ1) is 9.77. The third-order valence-electron chi connectivity index (χ3n) is 4.47. The zero-order valence-corrected chi connectivity index (χ0v) is 12.6. The van der Waals surface area contributed by atoms with Crippen molar-refractivity contribution in [1.82, 2.24) is 0 Å². The van der Waals surface area contributed by atoms with Crippen molar-refractivity contribution in [1.29, 1.82) is 0 Å². The molecule has 0 atom stereocenters. The van der Waals surface area contributed by atoms with E-state index in [9.17, 15) is 4.79 Å². The van der Waals surface area contributed by atoms with Crippen molar-refractivity contribution >= 4 is 5.97 Å². The monoisotopic (exact) mass is 274 g/mol. The van der Waals surface area contributed by atoms with Gasteiger partial charge in [0, 0.05) is 0 Å². The zero-order chi connectivity index (χ0) is 14.3. The molecule has 0 aliphatic heterocycles. The molecule has 0 N–H and O–H groups in total. The van der Waals surface area contributed by atoms with Crippen molar-refractivity contribution in [2.24, 2.45) is 5.41 Å². The first-order valence-electron chi connectivity index (χ1n) is 7.98. The summed E-state index contributed by atoms with van der Waals surface area (Å²) in [6.45, 7) is 2.60. The van der Waals surface area contributed by atoms with E-state index in [1.807, 2.05) is 30.3 Å². The summed E-state index contributed by atoms with van der Waals surface area (Å²) >= 11 is 0. The Bertz CT molecular complexity index is 405. The number of carbonyl (C=O) groups excluding carboxylic acids is 1. The van der Waals surface area contributed by atoms with Gasteiger partial charge in [-0.2, -0.15) is 0 Å². The van der Waals surface area contributed by atoms with E-state index in [0.29, 0.717) is 6.61 Å². The van der Waals surface area contributed by atoms with Gasteiger partial charge in [0.05, 0.1) is 5.41 Å². The van der Waals surface area contributed by atoms with Crippen molar-refractivity contribution in [2.75, 3.05) is 0 Å². The summed E-state index contributed by atoms with van der Waals surface area (Å²) in [5.41, 5.74) is 0.880. The highest BCUT2D eigenvalue weighted by molar-refractivity contribution is 5.77. The van der Waals surface area contributed by atoms with Gasteiger partial charge in [-0.3, -0.25) is 4.79 Å². The molecule has 1 aliphatic carbocycles. The summed E-state index contributed by atoms with van der Waals surface area (Å²) in [5, 5.41) is 0. The first kappa shape index (κ1) is 15.1. The predicted octanol–water partition coefficient (Wildman–Crippen LogP) is 4.87. The molecule has 0 spiro atoms. The SMILES string of the molecule is CCCCC1(C(=O)OCc2ccccc2)CCCCC1. The van der Waals surface area contributed by atoms with Gasteiger partial charge in [-0.15, -0.1) is 0 Å². The number of carbonyl (C=O) groups is 1. The van der Waals surface area contributed by atoms with Crippen LogP contribution in [0.1, 0.15) is 63.9 Å². The molecule has 2 heteroatoms. The summed E-state index contributed by atoms with van der Waals surface area (Å²) in [4.78, 5) is 12.6. The maximum atomic E-state index is 12.6. The Hall–Kier alpha value is -1.31. The minimum Gasteiger partial charge on any atom is -0.460 e. The Morgan fingerprint density at radius 1 is 1.15 bits per heavy atom. The average Bonchev–Trinajstić information content (AvgIpc) is 2.52. The Morgan fingerprint density at radius 2 is 1.85 bits per heavy atom. The molecular formula is C18H26O2. The molecule has 0 amide bonds. The predicted molar refractivity (Wildman–Crippen MR) is 81.3 cm³/mol. The molecule has 2 nitrogen and oxygen atoms in total. The van der Waals surface area contributed by atoms with Gasteiger partial charge in [0.2, 0.25) is 0 Å². The number of hydrogen-bond donors (Lipinski definition) is 0. The zero-order valence-electron chi connectivity index (χ0n) is 12.6. The maximum Gasteiger partial charge on any atom is 0.312 e. The molecular weight excluding hydrogens is 248 g/mol. The van der Waals surface area contributed by atoms with E-state index in [2.05, 4.69) is 6.92 Å². The summed E-state index contributed by atoms with van der Waals surface area (Å²) in [6.07, 6.45) is 8.90. The van der Waals surface area contributed by atoms with Crippen LogP contribution in [0.4, 0.5) is 0 Å². The molecule has 0 heterocycles. The van der Waals surface area contributed by atoms with Crippen LogP contribution in [0.2, 0.25) is 0 Å². The quantitative estimate of drug-likeness (QED) is 0.692. The second kappa shape index (κ2) is 7.47. The Kier molecular flexibility index (Phi) is 5.63. The number of ether oxygens (including phenoxy) is 1. The van der Waals surface area contributed by atoms with E-state index >= 15 is 0 Å². The van der Waals surface area contributed by atoms with Crippen LogP contribution < -0.4 is 0 Å². The maximum absolute atomic E-state index is 12.6. The van der Waals surface area contributed by atoms with Crippen molar-refractivity contribution < 1.29 is 9.53 Å². The van der Waals surface area contributed by atoms with Crippen LogP contribution in [0.3, 0.4) is 0 Å². The largest absolute Gasteiger partial charge is 0.460 e. The summed E-state index contributed by atoms with van der Waals surface area (Å²) in [6, 6.07) is 9.96. The van der Waals surface area contributed by atoms with Crippen LogP contribution in [0.5, 0.6) is 0 Å². The minimum absolute atomic E-state index is 0.0366. The molecule has 1 saturated carbocycles. The van der Waals surface area contributed by atoms with Gasteiger partial charge in [0.25, 0.3) is 0 Å². The molecule has 20 heavy (non-hydrogen) atoms. The van der Waals surface area contributed by atoms with E-state index in [0.717, 1.165) is 37.7 Å². The molecule has 2 rings (SSSR count). The van der Waals surface area contributed by atoms with Crippen molar-refractivity contribution in [3.63, 3.8) is 0 Å². The van der Waals surface area contributed by atoms with Gasteiger partial charge >= 0.3 is 5.97 Å². The Balaban J connectivity index is 1.95. The normalized spacial score (nSPS) is 17.6. The molecule has 0 unspecified atom stereocenters. The number of hydrogen-bond acceptors (Lipinski definition) is 2. The standard InChI is InChI=1S/C18H26O2/c1-2-3-12-18(13-8-5-9-14-18)17(19)20-15-16-10-6-4-7-11-16/h4,6-7,10-11H,2-3,5,8-9,12-15H2,1H3. The third kappa shape index (κ3) is 3.84. The summed E-state index contributed by atoms with van der Waals surface area (Å²) in [5.74, 6) is 0.0366. The Labute approximate surface area is 122 Å². The number of unbranched alkanes of at least 4 members (excludes halogenated alkanes) is 1. The lowest BCUT2D eigenvalue weighted by atomic mass is 9.71. The highest BCUT2D eigenvalue weighted by Gasteiger charge is 2.40. The van der Waals surface area contributed by atoms with Crippen LogP contribution in [0.15, 0.2) is 30.3 Å². The number of benzene rings is 1. The first-order valence-corrected chi connectivity index (χ1v) is 7.98. The Morgan fingerprint density at radius 3 is 2.50 bits per heavy atom. The van der Waals surface area contributed by atoms with Gasteiger partial charge < -0.3 is 4.74 Å². The molecule has 1 aromatic rings. The fraction of sp³-hybridized carbons (Fsp3) is 0.611. The van der Waals surface area contributed by atoms with Gasteiger partial charge in [0.15, 0.2) is 0 Å². The van der Waals surface area contributed by atoms with Gasteiger partial charge in [-0.1, -0.05) is 69.4 Å². The van der Waals surface area contributed by atoms with Crippen molar-refractivity contribution in [2.45, 2.75) is 64.9 Å². The molecule has 110 valence electrons. The highest BCUT2D eigenvalue weighted by Crippen LogP contribution is 2.41. The lowest BCUT2D eigenvalue weighted by Crippen LogP contribution is -2.35. The van der Waals surface area contributed by atoms with Crippen LogP contribution in [-0.4, -0.2) is 5.97 Å². The van der Waals surface area contributed by atoms with Crippen molar-refractivity contribution in [3.05, 3.63) is 35.9 Å². The molecule has 1 aromatic carbocycles. The van der Waals surface area contributed by atoms with Crippen LogP contribution in [-0.2, 0) is 16.1 Å². The molecule has 1 aliphatic rings. The summed E-state index contributed by atoms with van der Waals surface area (Å²) < 4.78 is 5.63. The minimum atomic E-state index is -0.191. The smallest absolute Gasteiger partial charge is 0.312 e. The van der Waals surface area contributed by atoms with E-state index in [1.165, 1.54) is 19.3 Å². The lowest BCUT2D eigenvalue weighted by Gasteiger charge is -2.35. The summed E-state index contributed by atoms with van der Waals surface area (Å²) in [7, 11) is 0. The van der Waals surface area contributed by atoms with Gasteiger partial charge in [0.1, 0.15) is 6.61 Å². The van der Waals surface area contributed by atoms with E-state index in [-0.39, 0.29) is 11.4 Å². The van der Waals surface area contributed by atoms with Crippen LogP contribution in [0, 0.1) is 5.41 Å². The van der Waals surface area contributed by atoms with Gasteiger partial charge in [-0.05, 0) is 24.8 Å². The molecule has 0 saturated heterocycles. The lowest BCUT2D eigenvalue weighted by molar-refractivity contribution is -0.160. The fourth-order valence-electron chi connectivity index (χ4n) is 3.18. The molecule has 0 bridgehead atoms. The fourth-order valence-corrected chi connectivity index (χ4v) is 3.18. The van der Waals surface area contributed by atoms with E-state index in [1.54, 1.807) is 0 Å². The number of esters is 1. The second-order valence-corrected chi connectivity index (χ2v) is 6.01. The highest BCUT2D eigenvalue weighted by atomic mass is 16.5. The number of rotatable bonds is 6.